The topological polar surface area (TPSA) is 52.6 Å². The van der Waals surface area contributed by atoms with Gasteiger partial charge in [-0.3, -0.25) is 4.79 Å². The molecule has 1 aliphatic heterocycles. The Morgan fingerprint density at radius 1 is 1.62 bits per heavy atom. The largest absolute Gasteiger partial charge is 0.396 e. The number of rotatable bonds is 3. The number of likely N-dealkylation sites (tertiary alicyclic amines) is 1. The van der Waals surface area contributed by atoms with Crippen molar-refractivity contribution in [2.45, 2.75) is 6.92 Å². The number of hydrogen-bond donors (Lipinski definition) is 2. The predicted octanol–water partition coefficient (Wildman–Crippen LogP) is -0.707. The maximum atomic E-state index is 11.4. The van der Waals surface area contributed by atoms with Crippen LogP contribution in [0.3, 0.4) is 0 Å². The Labute approximate surface area is 78.9 Å². The third-order valence-corrected chi connectivity index (χ3v) is 2.68. The third-order valence-electron chi connectivity index (χ3n) is 2.68. The van der Waals surface area contributed by atoms with Crippen LogP contribution in [0.25, 0.3) is 0 Å². The first-order chi connectivity index (χ1) is 6.19. The molecule has 4 nitrogen and oxygen atoms in total. The average molecular weight is 186 g/mol. The fourth-order valence-electron chi connectivity index (χ4n) is 1.74. The van der Waals surface area contributed by atoms with Gasteiger partial charge in [0.25, 0.3) is 0 Å². The number of carbonyl (C=O) groups excluding carboxylic acids is 1. The first-order valence-electron chi connectivity index (χ1n) is 4.72. The van der Waals surface area contributed by atoms with Gasteiger partial charge < -0.3 is 15.3 Å². The summed E-state index contributed by atoms with van der Waals surface area (Å²) < 4.78 is 0. The molecular formula is C9H18N2O2. The van der Waals surface area contributed by atoms with Crippen LogP contribution in [0.2, 0.25) is 0 Å². The summed E-state index contributed by atoms with van der Waals surface area (Å²) in [6.45, 7) is 4.15. The smallest absolute Gasteiger partial charge is 0.236 e. The molecule has 0 unspecified atom stereocenters. The van der Waals surface area contributed by atoms with Crippen molar-refractivity contribution in [1.29, 1.82) is 0 Å². The highest BCUT2D eigenvalue weighted by Gasteiger charge is 2.31. The quantitative estimate of drug-likeness (QED) is 0.612. The van der Waals surface area contributed by atoms with Crippen LogP contribution in [0, 0.1) is 11.8 Å². The Morgan fingerprint density at radius 2 is 2.31 bits per heavy atom. The van der Waals surface area contributed by atoms with Gasteiger partial charge in [-0.1, -0.05) is 6.92 Å². The van der Waals surface area contributed by atoms with E-state index in [0.717, 1.165) is 6.54 Å². The summed E-state index contributed by atoms with van der Waals surface area (Å²) in [5, 5.41) is 11.9. The minimum absolute atomic E-state index is 0.130. The van der Waals surface area contributed by atoms with Crippen LogP contribution in [0.5, 0.6) is 0 Å². The molecular weight excluding hydrogens is 168 g/mol. The lowest BCUT2D eigenvalue weighted by molar-refractivity contribution is -0.129. The Hall–Kier alpha value is -0.610. The van der Waals surface area contributed by atoms with Crippen molar-refractivity contribution in [2.75, 3.05) is 33.3 Å². The van der Waals surface area contributed by atoms with Crippen molar-refractivity contribution in [1.82, 2.24) is 10.2 Å². The summed E-state index contributed by atoms with van der Waals surface area (Å²) in [4.78, 5) is 13.3. The minimum Gasteiger partial charge on any atom is -0.396 e. The van der Waals surface area contributed by atoms with Gasteiger partial charge in [0.1, 0.15) is 0 Å². The molecule has 1 fully saturated rings. The maximum Gasteiger partial charge on any atom is 0.236 e. The summed E-state index contributed by atoms with van der Waals surface area (Å²) in [5.41, 5.74) is 0. The zero-order valence-electron chi connectivity index (χ0n) is 8.29. The Kier molecular flexibility index (Phi) is 3.69. The molecule has 2 atom stereocenters. The highest BCUT2D eigenvalue weighted by atomic mass is 16.3. The summed E-state index contributed by atoms with van der Waals surface area (Å²) in [6, 6.07) is 0. The number of hydrogen-bond acceptors (Lipinski definition) is 3. The van der Waals surface area contributed by atoms with Crippen LogP contribution in [0.15, 0.2) is 0 Å². The molecule has 0 bridgehead atoms. The first-order valence-corrected chi connectivity index (χ1v) is 4.72. The summed E-state index contributed by atoms with van der Waals surface area (Å²) in [6.07, 6.45) is 0. The Bertz CT molecular complexity index is 184. The van der Waals surface area contributed by atoms with Gasteiger partial charge in [-0.15, -0.1) is 0 Å². The summed E-state index contributed by atoms with van der Waals surface area (Å²) >= 11 is 0. The second kappa shape index (κ2) is 4.58. The second-order valence-corrected chi connectivity index (χ2v) is 3.75. The molecule has 0 aromatic rings. The van der Waals surface area contributed by atoms with E-state index in [1.165, 1.54) is 0 Å². The van der Waals surface area contributed by atoms with E-state index in [0.29, 0.717) is 19.0 Å². The van der Waals surface area contributed by atoms with E-state index in [4.69, 9.17) is 5.11 Å². The third kappa shape index (κ3) is 2.42. The van der Waals surface area contributed by atoms with Crippen molar-refractivity contribution in [3.8, 4) is 0 Å². The zero-order chi connectivity index (χ0) is 9.84. The molecule has 0 radical (unpaired) electrons. The molecule has 0 aromatic heterocycles. The number of nitrogens with zero attached hydrogens (tertiary/aromatic N) is 1. The van der Waals surface area contributed by atoms with Gasteiger partial charge in [0.05, 0.1) is 6.54 Å². The number of nitrogens with one attached hydrogen (secondary N) is 1. The molecule has 0 aliphatic carbocycles. The molecule has 1 saturated heterocycles. The highest BCUT2D eigenvalue weighted by Crippen LogP contribution is 2.21. The molecule has 0 saturated carbocycles. The predicted molar refractivity (Wildman–Crippen MR) is 50.2 cm³/mol. The molecule has 0 aromatic carbocycles. The zero-order valence-corrected chi connectivity index (χ0v) is 8.29. The SMILES string of the molecule is CNCC(=O)N1C[C@H](CO)[C@H](C)C1. The van der Waals surface area contributed by atoms with Crippen molar-refractivity contribution in [2.24, 2.45) is 11.8 Å². The molecule has 1 heterocycles. The fraction of sp³-hybridized carbons (Fsp3) is 0.889. The van der Waals surface area contributed by atoms with Gasteiger partial charge in [0.15, 0.2) is 0 Å². The lowest BCUT2D eigenvalue weighted by Gasteiger charge is -2.15. The monoisotopic (exact) mass is 186 g/mol. The van der Waals surface area contributed by atoms with Crippen molar-refractivity contribution >= 4 is 5.91 Å². The number of amides is 1. The van der Waals surface area contributed by atoms with Gasteiger partial charge >= 0.3 is 0 Å². The molecule has 1 aliphatic rings. The van der Waals surface area contributed by atoms with E-state index in [1.807, 2.05) is 4.90 Å². The molecule has 2 N–H and O–H groups in total. The number of aliphatic hydroxyl groups is 1. The fourth-order valence-corrected chi connectivity index (χ4v) is 1.74. The second-order valence-electron chi connectivity index (χ2n) is 3.75. The Balaban J connectivity index is 2.43. The van der Waals surface area contributed by atoms with Crippen molar-refractivity contribution in [3.63, 3.8) is 0 Å². The van der Waals surface area contributed by atoms with E-state index in [1.54, 1.807) is 7.05 Å². The summed E-state index contributed by atoms with van der Waals surface area (Å²) in [5.74, 6) is 0.817. The molecule has 13 heavy (non-hydrogen) atoms. The highest BCUT2D eigenvalue weighted by molar-refractivity contribution is 5.78. The minimum atomic E-state index is 0.130. The molecule has 1 rings (SSSR count). The van der Waals surface area contributed by atoms with E-state index in [9.17, 15) is 4.79 Å². The molecule has 0 spiro atoms. The van der Waals surface area contributed by atoms with Gasteiger partial charge in [-0.2, -0.15) is 0 Å². The van der Waals surface area contributed by atoms with E-state index < -0.39 is 0 Å². The van der Waals surface area contributed by atoms with Crippen LogP contribution in [0.1, 0.15) is 6.92 Å². The van der Waals surface area contributed by atoms with E-state index >= 15 is 0 Å². The van der Waals surface area contributed by atoms with E-state index in [2.05, 4.69) is 12.2 Å². The van der Waals surface area contributed by atoms with Gasteiger partial charge in [-0.25, -0.2) is 0 Å². The lowest BCUT2D eigenvalue weighted by Crippen LogP contribution is -2.35. The number of likely N-dealkylation sites (N-methyl/N-ethyl adjacent to an activating group) is 1. The normalized spacial score (nSPS) is 28.1. The van der Waals surface area contributed by atoms with E-state index in [-0.39, 0.29) is 18.4 Å². The van der Waals surface area contributed by atoms with Gasteiger partial charge in [-0.05, 0) is 13.0 Å². The van der Waals surface area contributed by atoms with Crippen LogP contribution >= 0.6 is 0 Å². The molecule has 1 amide bonds. The van der Waals surface area contributed by atoms with Crippen molar-refractivity contribution in [3.05, 3.63) is 0 Å². The summed E-state index contributed by atoms with van der Waals surface area (Å²) in [7, 11) is 1.76. The van der Waals surface area contributed by atoms with Gasteiger partial charge in [0.2, 0.25) is 5.91 Å². The molecule has 4 heteroatoms. The molecule has 76 valence electrons. The van der Waals surface area contributed by atoms with Crippen molar-refractivity contribution < 1.29 is 9.90 Å². The maximum absolute atomic E-state index is 11.4. The number of carbonyl (C=O) groups is 1. The van der Waals surface area contributed by atoms with Crippen LogP contribution in [-0.2, 0) is 4.79 Å². The van der Waals surface area contributed by atoms with Crippen LogP contribution in [-0.4, -0.2) is 49.2 Å². The average Bonchev–Trinajstić information content (AvgIpc) is 2.47. The van der Waals surface area contributed by atoms with Crippen LogP contribution in [0.4, 0.5) is 0 Å². The van der Waals surface area contributed by atoms with Gasteiger partial charge in [0, 0.05) is 25.6 Å². The van der Waals surface area contributed by atoms with Crippen LogP contribution < -0.4 is 5.32 Å². The number of aliphatic hydroxyl groups excluding tert-OH is 1. The standard InChI is InChI=1S/C9H18N2O2/c1-7-4-11(5-8(7)6-12)9(13)3-10-2/h7-8,10,12H,3-6H2,1-2H3/t7-,8-/m1/s1. The Morgan fingerprint density at radius 3 is 2.77 bits per heavy atom. The first kappa shape index (κ1) is 10.5. The lowest BCUT2D eigenvalue weighted by atomic mass is 10.00.